The Kier molecular flexibility index (Phi) is 4.96. The van der Waals surface area contributed by atoms with Crippen LogP contribution in [0.2, 0.25) is 0 Å². The van der Waals surface area contributed by atoms with Crippen LogP contribution in [0.3, 0.4) is 0 Å². The first-order valence-electron chi connectivity index (χ1n) is 6.06. The second-order valence-corrected chi connectivity index (χ2v) is 4.55. The van der Waals surface area contributed by atoms with Gasteiger partial charge < -0.3 is 0 Å². The lowest BCUT2D eigenvalue weighted by molar-refractivity contribution is -0.387. The molecule has 0 fully saturated rings. The van der Waals surface area contributed by atoms with Gasteiger partial charge in [-0.05, 0) is 25.0 Å². The normalized spacial score (nSPS) is 13.1. The van der Waals surface area contributed by atoms with E-state index in [1.807, 2.05) is 0 Å². The Morgan fingerprint density at radius 3 is 2.43 bits per heavy atom. The second kappa shape index (κ2) is 6.29. The zero-order valence-electron chi connectivity index (χ0n) is 11.7. The van der Waals surface area contributed by atoms with Crippen molar-refractivity contribution in [3.05, 3.63) is 39.7 Å². The van der Waals surface area contributed by atoms with Crippen molar-refractivity contribution < 1.29 is 28.7 Å². The number of nitrogens with zero attached hydrogens (tertiary/aromatic N) is 1. The van der Waals surface area contributed by atoms with Crippen LogP contribution >= 0.6 is 0 Å². The van der Waals surface area contributed by atoms with Gasteiger partial charge in [0.05, 0.1) is 10.3 Å². The molecule has 8 heteroatoms. The summed E-state index contributed by atoms with van der Waals surface area (Å²) in [5.41, 5.74) is -1.80. The smallest absolute Gasteiger partial charge is 0.258 e. The summed E-state index contributed by atoms with van der Waals surface area (Å²) in [6.07, 6.45) is 0.213. The number of benzene rings is 1. The van der Waals surface area contributed by atoms with Gasteiger partial charge in [0.1, 0.15) is 0 Å². The molecular formula is C13H14FNO6. The summed E-state index contributed by atoms with van der Waals surface area (Å²) in [4.78, 5) is 40.9. The van der Waals surface area contributed by atoms with Crippen molar-refractivity contribution in [2.24, 2.45) is 0 Å². The van der Waals surface area contributed by atoms with Gasteiger partial charge in [-0.2, -0.15) is 4.39 Å². The van der Waals surface area contributed by atoms with Gasteiger partial charge in [-0.25, -0.2) is 19.4 Å². The number of carbonyl (C=O) groups excluding carboxylic acids is 2. The van der Waals surface area contributed by atoms with E-state index < -0.39 is 33.8 Å². The van der Waals surface area contributed by atoms with Crippen LogP contribution in [0.5, 0.6) is 0 Å². The van der Waals surface area contributed by atoms with Gasteiger partial charge in [0, 0.05) is 13.0 Å². The first-order valence-corrected chi connectivity index (χ1v) is 6.06. The van der Waals surface area contributed by atoms with E-state index in [2.05, 4.69) is 9.78 Å². The highest BCUT2D eigenvalue weighted by Crippen LogP contribution is 2.32. The Balaban J connectivity index is 3.13. The lowest BCUT2D eigenvalue weighted by atomic mass is 9.80. The van der Waals surface area contributed by atoms with Crippen LogP contribution in [0.25, 0.3) is 0 Å². The predicted molar refractivity (Wildman–Crippen MR) is 68.6 cm³/mol. The Morgan fingerprint density at radius 1 is 1.38 bits per heavy atom. The molecule has 0 aliphatic rings. The molecule has 0 bridgehead atoms. The zero-order valence-corrected chi connectivity index (χ0v) is 11.7. The first kappa shape index (κ1) is 16.5. The molecule has 0 radical (unpaired) electrons. The second-order valence-electron chi connectivity index (χ2n) is 4.55. The van der Waals surface area contributed by atoms with Crippen molar-refractivity contribution in [2.45, 2.75) is 32.6 Å². The van der Waals surface area contributed by atoms with Crippen molar-refractivity contribution in [3.8, 4) is 0 Å². The average Bonchev–Trinajstić information content (AvgIpc) is 2.43. The molecule has 7 nitrogen and oxygen atoms in total. The number of rotatable bonds is 4. The fourth-order valence-corrected chi connectivity index (χ4v) is 1.65. The third-order valence-electron chi connectivity index (χ3n) is 3.17. The van der Waals surface area contributed by atoms with Crippen LogP contribution in [0, 0.1) is 15.9 Å². The highest BCUT2D eigenvalue weighted by Gasteiger charge is 2.38. The van der Waals surface area contributed by atoms with Gasteiger partial charge in [0.25, 0.3) is 0 Å². The molecule has 1 aromatic carbocycles. The lowest BCUT2D eigenvalue weighted by Crippen LogP contribution is -2.34. The molecule has 1 unspecified atom stereocenters. The van der Waals surface area contributed by atoms with Crippen LogP contribution in [-0.4, -0.2) is 16.9 Å². The summed E-state index contributed by atoms with van der Waals surface area (Å²) in [5.74, 6) is -2.76. The third kappa shape index (κ3) is 3.53. The Hall–Kier alpha value is -2.51. The van der Waals surface area contributed by atoms with E-state index in [0.29, 0.717) is 0 Å². The van der Waals surface area contributed by atoms with Crippen LogP contribution < -0.4 is 0 Å². The maximum atomic E-state index is 13.7. The molecule has 1 rings (SSSR count). The molecule has 1 atom stereocenters. The van der Waals surface area contributed by atoms with E-state index in [4.69, 9.17) is 0 Å². The summed E-state index contributed by atoms with van der Waals surface area (Å²) in [6, 6.07) is 3.13. The van der Waals surface area contributed by atoms with Crippen LogP contribution in [0.1, 0.15) is 32.8 Å². The maximum absolute atomic E-state index is 13.7. The van der Waals surface area contributed by atoms with Gasteiger partial charge in [-0.3, -0.25) is 10.1 Å². The molecular weight excluding hydrogens is 285 g/mol. The number of carbonyl (C=O) groups is 2. The number of nitro groups is 1. The van der Waals surface area contributed by atoms with E-state index in [1.54, 1.807) is 6.92 Å². The number of halogens is 1. The van der Waals surface area contributed by atoms with Crippen LogP contribution in [0.4, 0.5) is 10.1 Å². The van der Waals surface area contributed by atoms with E-state index in [0.717, 1.165) is 19.1 Å². The quantitative estimate of drug-likeness (QED) is 0.481. The summed E-state index contributed by atoms with van der Waals surface area (Å²) in [6.45, 7) is 4.16. The van der Waals surface area contributed by atoms with Crippen molar-refractivity contribution in [3.63, 3.8) is 0 Å². The first-order chi connectivity index (χ1) is 9.72. The van der Waals surface area contributed by atoms with Gasteiger partial charge >= 0.3 is 17.6 Å². The minimum atomic E-state index is -1.30. The highest BCUT2D eigenvalue weighted by molar-refractivity contribution is 5.83. The number of nitro benzene ring substituents is 1. The Bertz CT molecular complexity index is 588. The molecule has 1 aromatic rings. The third-order valence-corrected chi connectivity index (χ3v) is 3.17. The Morgan fingerprint density at radius 2 is 2.00 bits per heavy atom. The SMILES string of the molecule is CCC(C)(C(=O)OOC(C)=O)c1ccc([N+](=O)[O-])c(F)c1. The number of hydrogen-bond donors (Lipinski definition) is 0. The Labute approximate surface area is 119 Å². The minimum Gasteiger partial charge on any atom is -0.258 e. The van der Waals surface area contributed by atoms with Gasteiger partial charge in [-0.1, -0.05) is 13.0 Å². The highest BCUT2D eigenvalue weighted by atomic mass is 19.1. The van der Waals surface area contributed by atoms with Gasteiger partial charge in [-0.15, -0.1) is 0 Å². The van der Waals surface area contributed by atoms with Crippen molar-refractivity contribution in [1.29, 1.82) is 0 Å². The minimum absolute atomic E-state index is 0.185. The van der Waals surface area contributed by atoms with E-state index in [-0.39, 0.29) is 12.0 Å². The average molecular weight is 299 g/mol. The fraction of sp³-hybridized carbons (Fsp3) is 0.385. The molecule has 0 aromatic heterocycles. The van der Waals surface area contributed by atoms with E-state index >= 15 is 0 Å². The largest absolute Gasteiger partial charge is 0.365 e. The van der Waals surface area contributed by atoms with Crippen LogP contribution in [0.15, 0.2) is 18.2 Å². The summed E-state index contributed by atoms with van der Waals surface area (Å²) >= 11 is 0. The van der Waals surface area contributed by atoms with E-state index in [9.17, 15) is 24.1 Å². The molecule has 0 spiro atoms. The molecule has 0 saturated carbocycles. The molecule has 0 amide bonds. The van der Waals surface area contributed by atoms with Crippen molar-refractivity contribution >= 4 is 17.6 Å². The fourth-order valence-electron chi connectivity index (χ4n) is 1.65. The predicted octanol–water partition coefficient (Wildman–Crippen LogP) is 2.42. The molecule has 0 aliphatic heterocycles. The summed E-state index contributed by atoms with van der Waals surface area (Å²) < 4.78 is 13.7. The lowest BCUT2D eigenvalue weighted by Gasteiger charge is -2.24. The summed E-state index contributed by atoms with van der Waals surface area (Å²) in [5, 5.41) is 10.6. The van der Waals surface area contributed by atoms with E-state index in [1.165, 1.54) is 13.0 Å². The molecule has 0 aliphatic carbocycles. The zero-order chi connectivity index (χ0) is 16.2. The van der Waals surface area contributed by atoms with Gasteiger partial charge in [0.2, 0.25) is 5.82 Å². The molecule has 0 heterocycles. The number of hydrogen-bond acceptors (Lipinski definition) is 6. The van der Waals surface area contributed by atoms with Crippen LogP contribution in [-0.2, 0) is 24.8 Å². The maximum Gasteiger partial charge on any atom is 0.365 e. The molecule has 21 heavy (non-hydrogen) atoms. The summed E-state index contributed by atoms with van der Waals surface area (Å²) in [7, 11) is 0. The molecule has 0 saturated heterocycles. The van der Waals surface area contributed by atoms with Gasteiger partial charge in [0.15, 0.2) is 0 Å². The monoisotopic (exact) mass is 299 g/mol. The van der Waals surface area contributed by atoms with Crippen molar-refractivity contribution in [2.75, 3.05) is 0 Å². The molecule has 114 valence electrons. The molecule has 0 N–H and O–H groups in total. The topological polar surface area (TPSA) is 95.7 Å². The standard InChI is InChI=1S/C13H14FNO6/c1-4-13(3,12(17)21-20-8(2)16)9-5-6-11(15(18)19)10(14)7-9/h5-7H,4H2,1-3H3. The van der Waals surface area contributed by atoms with Crippen molar-refractivity contribution in [1.82, 2.24) is 0 Å².